The summed E-state index contributed by atoms with van der Waals surface area (Å²) in [6.07, 6.45) is 5.67. The molecule has 0 fully saturated rings. The second-order valence-corrected chi connectivity index (χ2v) is 5.46. The highest BCUT2D eigenvalue weighted by atomic mass is 35.5. The third-order valence-corrected chi connectivity index (χ3v) is 3.74. The average Bonchev–Trinajstić information content (AvgIpc) is 2.99. The van der Waals surface area contributed by atoms with Crippen LogP contribution in [0.1, 0.15) is 29.3 Å². The lowest BCUT2D eigenvalue weighted by Crippen LogP contribution is -2.36. The van der Waals surface area contributed by atoms with E-state index in [2.05, 4.69) is 15.7 Å². The highest BCUT2D eigenvalue weighted by molar-refractivity contribution is 5.97. The van der Waals surface area contributed by atoms with Gasteiger partial charge in [0, 0.05) is 36.2 Å². The maximum absolute atomic E-state index is 12.5. The first-order chi connectivity index (χ1) is 10.2. The fraction of sp³-hybridized carbons (Fsp3) is 0.375. The number of hydrogen-bond acceptors (Lipinski definition) is 3. The SMILES string of the molecule is CC(Cn1cccn1)NC(=O)c1cccc2c1CCCN2.Cl.Cl. The Bertz CT molecular complexity index is 631. The van der Waals surface area contributed by atoms with Crippen molar-refractivity contribution in [2.45, 2.75) is 32.4 Å². The number of benzene rings is 1. The number of anilines is 1. The molecular formula is C16H22Cl2N4O. The maximum atomic E-state index is 12.5. The largest absolute Gasteiger partial charge is 0.385 e. The minimum absolute atomic E-state index is 0. The number of carbonyl (C=O) groups excluding carboxylic acids is 1. The molecule has 1 aliphatic heterocycles. The number of carbonyl (C=O) groups is 1. The van der Waals surface area contributed by atoms with Crippen LogP contribution >= 0.6 is 24.8 Å². The van der Waals surface area contributed by atoms with Crippen LogP contribution in [-0.2, 0) is 13.0 Å². The van der Waals surface area contributed by atoms with Crippen molar-refractivity contribution in [1.82, 2.24) is 15.1 Å². The van der Waals surface area contributed by atoms with Crippen molar-refractivity contribution in [3.05, 3.63) is 47.8 Å². The lowest BCUT2D eigenvalue weighted by molar-refractivity contribution is 0.0935. The van der Waals surface area contributed by atoms with Crippen molar-refractivity contribution in [2.75, 3.05) is 11.9 Å². The van der Waals surface area contributed by atoms with Gasteiger partial charge < -0.3 is 10.6 Å². The number of nitrogens with one attached hydrogen (secondary N) is 2. The van der Waals surface area contributed by atoms with E-state index in [1.165, 1.54) is 0 Å². The van der Waals surface area contributed by atoms with Crippen molar-refractivity contribution in [3.8, 4) is 0 Å². The van der Waals surface area contributed by atoms with Gasteiger partial charge in [0.1, 0.15) is 0 Å². The lowest BCUT2D eigenvalue weighted by Gasteiger charge is -2.21. The minimum Gasteiger partial charge on any atom is -0.385 e. The molecule has 0 saturated heterocycles. The minimum atomic E-state index is -0.00444. The van der Waals surface area contributed by atoms with Crippen LogP contribution < -0.4 is 10.6 Å². The van der Waals surface area contributed by atoms with Crippen molar-refractivity contribution in [2.24, 2.45) is 0 Å². The Morgan fingerprint density at radius 2 is 2.22 bits per heavy atom. The molecule has 2 heterocycles. The number of aromatic nitrogens is 2. The molecule has 3 rings (SSSR count). The van der Waals surface area contributed by atoms with Gasteiger partial charge in [0.05, 0.1) is 6.54 Å². The van der Waals surface area contributed by atoms with Crippen LogP contribution in [-0.4, -0.2) is 28.3 Å². The van der Waals surface area contributed by atoms with E-state index >= 15 is 0 Å². The summed E-state index contributed by atoms with van der Waals surface area (Å²) < 4.78 is 1.83. The first kappa shape index (κ1) is 19.3. The first-order valence-corrected chi connectivity index (χ1v) is 7.38. The zero-order valence-corrected chi connectivity index (χ0v) is 14.6. The van der Waals surface area contributed by atoms with Gasteiger partial charge in [-0.3, -0.25) is 9.48 Å². The van der Waals surface area contributed by atoms with E-state index in [-0.39, 0.29) is 36.8 Å². The molecule has 1 amide bonds. The predicted octanol–water partition coefficient (Wildman–Crippen LogP) is 2.90. The van der Waals surface area contributed by atoms with Gasteiger partial charge in [-0.05, 0) is 43.5 Å². The summed E-state index contributed by atoms with van der Waals surface area (Å²) in [6.45, 7) is 3.65. The van der Waals surface area contributed by atoms with Crippen LogP contribution in [0.5, 0.6) is 0 Å². The van der Waals surface area contributed by atoms with E-state index in [1.807, 2.05) is 42.1 Å². The van der Waals surface area contributed by atoms with Crippen LogP contribution in [0, 0.1) is 0 Å². The smallest absolute Gasteiger partial charge is 0.251 e. The zero-order valence-electron chi connectivity index (χ0n) is 13.0. The van der Waals surface area contributed by atoms with Gasteiger partial charge in [-0.1, -0.05) is 6.07 Å². The highest BCUT2D eigenvalue weighted by Crippen LogP contribution is 2.25. The molecule has 0 spiro atoms. The molecule has 1 unspecified atom stereocenters. The van der Waals surface area contributed by atoms with Gasteiger partial charge in [0.25, 0.3) is 5.91 Å². The topological polar surface area (TPSA) is 59.0 Å². The first-order valence-electron chi connectivity index (χ1n) is 7.38. The molecule has 1 aromatic carbocycles. The molecule has 2 N–H and O–H groups in total. The summed E-state index contributed by atoms with van der Waals surface area (Å²) >= 11 is 0. The van der Waals surface area contributed by atoms with Gasteiger partial charge in [-0.15, -0.1) is 24.8 Å². The zero-order chi connectivity index (χ0) is 14.7. The average molecular weight is 357 g/mol. The summed E-state index contributed by atoms with van der Waals surface area (Å²) in [6, 6.07) is 7.79. The lowest BCUT2D eigenvalue weighted by atomic mass is 9.97. The van der Waals surface area contributed by atoms with E-state index in [9.17, 15) is 4.79 Å². The Kier molecular flexibility index (Phi) is 7.39. The molecule has 7 heteroatoms. The molecule has 5 nitrogen and oxygen atoms in total. The monoisotopic (exact) mass is 356 g/mol. The van der Waals surface area contributed by atoms with Gasteiger partial charge in [-0.2, -0.15) is 5.10 Å². The molecule has 2 aromatic rings. The van der Waals surface area contributed by atoms with Crippen molar-refractivity contribution in [1.29, 1.82) is 0 Å². The molecule has 126 valence electrons. The fourth-order valence-corrected chi connectivity index (χ4v) is 2.76. The fourth-order valence-electron chi connectivity index (χ4n) is 2.76. The van der Waals surface area contributed by atoms with Gasteiger partial charge in [0.2, 0.25) is 0 Å². The second kappa shape index (κ2) is 8.79. The highest BCUT2D eigenvalue weighted by Gasteiger charge is 2.18. The summed E-state index contributed by atoms with van der Waals surface area (Å²) in [7, 11) is 0. The van der Waals surface area contributed by atoms with Crippen molar-refractivity contribution >= 4 is 36.4 Å². The normalized spacial score (nSPS) is 13.6. The quantitative estimate of drug-likeness (QED) is 0.885. The number of halogens is 2. The van der Waals surface area contributed by atoms with Crippen LogP contribution in [0.4, 0.5) is 5.69 Å². The molecule has 1 aromatic heterocycles. The third kappa shape index (κ3) is 4.62. The number of amides is 1. The van der Waals surface area contributed by atoms with Gasteiger partial charge >= 0.3 is 0 Å². The summed E-state index contributed by atoms with van der Waals surface area (Å²) in [4.78, 5) is 12.5. The molecule has 23 heavy (non-hydrogen) atoms. The van der Waals surface area contributed by atoms with Crippen LogP contribution in [0.2, 0.25) is 0 Å². The van der Waals surface area contributed by atoms with Crippen molar-refractivity contribution in [3.63, 3.8) is 0 Å². The van der Waals surface area contributed by atoms with E-state index in [1.54, 1.807) is 6.20 Å². The Hall–Kier alpha value is -1.72. The van der Waals surface area contributed by atoms with E-state index in [4.69, 9.17) is 0 Å². The predicted molar refractivity (Wildman–Crippen MR) is 96.9 cm³/mol. The Balaban J connectivity index is 0.00000132. The number of hydrogen-bond donors (Lipinski definition) is 2. The summed E-state index contributed by atoms with van der Waals surface area (Å²) in [5.41, 5.74) is 3.01. The second-order valence-electron chi connectivity index (χ2n) is 5.46. The number of fused-ring (bicyclic) bond motifs is 1. The van der Waals surface area contributed by atoms with E-state index in [0.717, 1.165) is 36.2 Å². The number of rotatable bonds is 4. The Labute approximate surface area is 148 Å². The van der Waals surface area contributed by atoms with Crippen LogP contribution in [0.15, 0.2) is 36.7 Å². The number of nitrogens with zero attached hydrogens (tertiary/aromatic N) is 2. The van der Waals surface area contributed by atoms with Crippen LogP contribution in [0.3, 0.4) is 0 Å². The van der Waals surface area contributed by atoms with Gasteiger partial charge in [0.15, 0.2) is 0 Å². The standard InChI is InChI=1S/C16H20N4O.2ClH/c1-12(11-20-10-4-9-18-20)19-16(21)14-5-2-7-15-13(14)6-3-8-17-15;;/h2,4-5,7,9-10,12,17H,3,6,8,11H2,1H3,(H,19,21);2*1H. The van der Waals surface area contributed by atoms with Crippen LogP contribution in [0.25, 0.3) is 0 Å². The molecule has 0 bridgehead atoms. The Morgan fingerprint density at radius 3 is 2.96 bits per heavy atom. The van der Waals surface area contributed by atoms with E-state index in [0.29, 0.717) is 6.54 Å². The summed E-state index contributed by atoms with van der Waals surface area (Å²) in [5, 5.41) is 10.6. The van der Waals surface area contributed by atoms with E-state index < -0.39 is 0 Å². The molecule has 1 atom stereocenters. The maximum Gasteiger partial charge on any atom is 0.251 e. The molecule has 0 radical (unpaired) electrons. The molecule has 1 aliphatic rings. The molecule has 0 saturated carbocycles. The third-order valence-electron chi connectivity index (χ3n) is 3.74. The summed E-state index contributed by atoms with van der Waals surface area (Å²) in [5.74, 6) is -0.00444. The molecular weight excluding hydrogens is 335 g/mol. The Morgan fingerprint density at radius 1 is 1.39 bits per heavy atom. The van der Waals surface area contributed by atoms with Gasteiger partial charge in [-0.25, -0.2) is 0 Å². The molecule has 0 aliphatic carbocycles. The van der Waals surface area contributed by atoms with Crippen molar-refractivity contribution < 1.29 is 4.79 Å².